The van der Waals surface area contributed by atoms with Crippen LogP contribution in [0, 0.1) is 0 Å². The molecule has 0 saturated heterocycles. The van der Waals surface area contributed by atoms with Gasteiger partial charge in [-0.2, -0.15) is 13.2 Å². The van der Waals surface area contributed by atoms with E-state index in [9.17, 15) is 31.8 Å². The minimum atomic E-state index is -4.84. The second-order valence-corrected chi connectivity index (χ2v) is 10.2. The number of halogens is 3. The molecule has 3 rings (SSSR count). The molecule has 0 aromatic heterocycles. The third-order valence-electron chi connectivity index (χ3n) is 5.31. The summed E-state index contributed by atoms with van der Waals surface area (Å²) in [7, 11) is -3.91. The van der Waals surface area contributed by atoms with Gasteiger partial charge in [-0.3, -0.25) is 0 Å². The zero-order chi connectivity index (χ0) is 23.9. The first-order chi connectivity index (χ1) is 14.7. The summed E-state index contributed by atoms with van der Waals surface area (Å²) in [6.07, 6.45) is -4.84. The summed E-state index contributed by atoms with van der Waals surface area (Å²) >= 11 is 0. The van der Waals surface area contributed by atoms with Crippen molar-refractivity contribution in [1.29, 1.82) is 0 Å². The smallest absolute Gasteiger partial charge is 0.386 e. The average Bonchev–Trinajstić information content (AvgIpc) is 2.72. The number of aliphatic hydroxyl groups is 2. The third kappa shape index (κ3) is 4.44. The fraction of sp³-hybridized carbons (Fsp3) is 0.250. The van der Waals surface area contributed by atoms with E-state index < -0.39 is 27.2 Å². The molecule has 3 aromatic carbocycles. The van der Waals surface area contributed by atoms with E-state index in [1.807, 2.05) is 0 Å². The van der Waals surface area contributed by atoms with Crippen LogP contribution < -0.4 is 0 Å². The maximum atomic E-state index is 13.2. The third-order valence-corrected chi connectivity index (χ3v) is 7.14. The van der Waals surface area contributed by atoms with E-state index in [-0.39, 0.29) is 20.9 Å². The van der Waals surface area contributed by atoms with Gasteiger partial charge in [0.15, 0.2) is 5.60 Å². The Morgan fingerprint density at radius 2 is 1.28 bits per heavy atom. The van der Waals surface area contributed by atoms with Crippen LogP contribution >= 0.6 is 0 Å². The van der Waals surface area contributed by atoms with Crippen molar-refractivity contribution in [3.8, 4) is 11.1 Å². The maximum absolute atomic E-state index is 13.2. The minimum Gasteiger partial charge on any atom is -0.386 e. The molecule has 1 unspecified atom stereocenters. The van der Waals surface area contributed by atoms with Gasteiger partial charge in [0.05, 0.1) is 15.4 Å². The van der Waals surface area contributed by atoms with E-state index in [4.69, 9.17) is 0 Å². The molecule has 0 spiro atoms. The molecule has 0 bridgehead atoms. The van der Waals surface area contributed by atoms with Crippen molar-refractivity contribution in [2.24, 2.45) is 0 Å². The van der Waals surface area contributed by atoms with E-state index in [2.05, 4.69) is 0 Å². The van der Waals surface area contributed by atoms with Crippen molar-refractivity contribution in [2.75, 3.05) is 0 Å². The van der Waals surface area contributed by atoms with Crippen LogP contribution in [-0.4, -0.2) is 24.8 Å². The van der Waals surface area contributed by atoms with Crippen LogP contribution in [0.25, 0.3) is 11.1 Å². The van der Waals surface area contributed by atoms with Gasteiger partial charge >= 0.3 is 6.18 Å². The fourth-order valence-corrected chi connectivity index (χ4v) is 4.91. The molecule has 1 atom stereocenters. The highest BCUT2D eigenvalue weighted by atomic mass is 32.2. The fourth-order valence-electron chi connectivity index (χ4n) is 3.30. The Morgan fingerprint density at radius 3 is 1.78 bits per heavy atom. The van der Waals surface area contributed by atoms with Crippen LogP contribution in [0.4, 0.5) is 13.2 Å². The minimum absolute atomic E-state index is 0.0587. The van der Waals surface area contributed by atoms with E-state index in [0.717, 1.165) is 0 Å². The Morgan fingerprint density at radius 1 is 0.750 bits per heavy atom. The lowest BCUT2D eigenvalue weighted by Gasteiger charge is -2.27. The van der Waals surface area contributed by atoms with E-state index in [1.54, 1.807) is 18.2 Å². The Kier molecular flexibility index (Phi) is 6.01. The second-order valence-electron chi connectivity index (χ2n) is 8.23. The highest BCUT2D eigenvalue weighted by Gasteiger charge is 2.51. The number of hydrogen-bond acceptors (Lipinski definition) is 4. The van der Waals surface area contributed by atoms with Gasteiger partial charge in [0.25, 0.3) is 0 Å². The van der Waals surface area contributed by atoms with Gasteiger partial charge in [0.1, 0.15) is 0 Å². The summed E-state index contributed by atoms with van der Waals surface area (Å²) in [5.41, 5.74) is -3.66. The largest absolute Gasteiger partial charge is 0.421 e. The molecule has 32 heavy (non-hydrogen) atoms. The molecule has 0 radical (unpaired) electrons. The molecule has 2 N–H and O–H groups in total. The first kappa shape index (κ1) is 24.0. The first-order valence-corrected chi connectivity index (χ1v) is 11.2. The number of alkyl halides is 3. The Balaban J connectivity index is 2.10. The molecule has 0 aliphatic heterocycles. The lowest BCUT2D eigenvalue weighted by Crippen LogP contribution is -2.39. The lowest BCUT2D eigenvalue weighted by molar-refractivity contribution is -0.258. The number of sulfone groups is 1. The molecule has 0 fully saturated rings. The van der Waals surface area contributed by atoms with Crippen LogP contribution in [-0.2, 0) is 21.0 Å². The average molecular weight is 465 g/mol. The predicted octanol–water partition coefficient (Wildman–Crippen LogP) is 5.18. The predicted molar refractivity (Wildman–Crippen MR) is 115 cm³/mol. The molecule has 0 heterocycles. The molecule has 0 aliphatic rings. The van der Waals surface area contributed by atoms with Crippen molar-refractivity contribution in [3.05, 3.63) is 83.9 Å². The highest BCUT2D eigenvalue weighted by molar-refractivity contribution is 7.91. The number of hydrogen-bond donors (Lipinski definition) is 2. The van der Waals surface area contributed by atoms with Crippen LogP contribution in [0.3, 0.4) is 0 Å². The van der Waals surface area contributed by atoms with E-state index in [0.29, 0.717) is 18.1 Å². The molecular weight excluding hydrogens is 441 g/mol. The summed E-state index contributed by atoms with van der Waals surface area (Å²) < 4.78 is 65.6. The SMILES string of the molecule is CC(C)(O)c1cc(-c2ccc(C(C)(O)C(F)(F)F)cc2)ccc1S(=O)(=O)c1ccccc1. The Hall–Kier alpha value is -2.68. The summed E-state index contributed by atoms with van der Waals surface area (Å²) in [4.78, 5) is 0.0218. The van der Waals surface area contributed by atoms with Crippen LogP contribution in [0.1, 0.15) is 31.9 Å². The van der Waals surface area contributed by atoms with Crippen molar-refractivity contribution < 1.29 is 31.8 Å². The zero-order valence-electron chi connectivity index (χ0n) is 17.7. The van der Waals surface area contributed by atoms with E-state index in [1.165, 1.54) is 68.4 Å². The topological polar surface area (TPSA) is 74.6 Å². The van der Waals surface area contributed by atoms with Crippen LogP contribution in [0.5, 0.6) is 0 Å². The number of benzene rings is 3. The van der Waals surface area contributed by atoms with Gasteiger partial charge in [0, 0.05) is 5.56 Å². The van der Waals surface area contributed by atoms with Gasteiger partial charge in [-0.05, 0) is 61.7 Å². The molecular formula is C24H23F3O4S. The number of rotatable bonds is 5. The van der Waals surface area contributed by atoms with Crippen LogP contribution in [0.2, 0.25) is 0 Å². The summed E-state index contributed by atoms with van der Waals surface area (Å²) in [6, 6.07) is 17.4. The lowest BCUT2D eigenvalue weighted by atomic mass is 9.91. The van der Waals surface area contributed by atoms with Gasteiger partial charge in [-0.1, -0.05) is 48.5 Å². The molecule has 0 aliphatic carbocycles. The van der Waals surface area contributed by atoms with Gasteiger partial charge in [-0.25, -0.2) is 8.42 Å². The maximum Gasteiger partial charge on any atom is 0.421 e. The summed E-state index contributed by atoms with van der Waals surface area (Å²) in [5.74, 6) is 0. The van der Waals surface area contributed by atoms with Gasteiger partial charge in [-0.15, -0.1) is 0 Å². The van der Waals surface area contributed by atoms with Crippen molar-refractivity contribution >= 4 is 9.84 Å². The van der Waals surface area contributed by atoms with Gasteiger partial charge in [0.2, 0.25) is 9.84 Å². The monoisotopic (exact) mass is 464 g/mol. The zero-order valence-corrected chi connectivity index (χ0v) is 18.5. The molecule has 0 saturated carbocycles. The standard InChI is InChI=1S/C24H23F3O4S/c1-22(2,28)20-15-17(11-14-21(20)32(30,31)19-7-5-4-6-8-19)16-9-12-18(13-10-16)23(3,29)24(25,26)27/h4-15,28-29H,1-3H3. The van der Waals surface area contributed by atoms with Crippen LogP contribution in [0.15, 0.2) is 82.6 Å². The molecule has 170 valence electrons. The van der Waals surface area contributed by atoms with Crippen molar-refractivity contribution in [2.45, 2.75) is 47.9 Å². The van der Waals surface area contributed by atoms with Gasteiger partial charge < -0.3 is 10.2 Å². The summed E-state index contributed by atoms with van der Waals surface area (Å²) in [6.45, 7) is 3.59. The van der Waals surface area contributed by atoms with Crippen molar-refractivity contribution in [3.63, 3.8) is 0 Å². The normalized spacial score (nSPS) is 14.8. The molecule has 8 heteroatoms. The molecule has 4 nitrogen and oxygen atoms in total. The molecule has 0 amide bonds. The quantitative estimate of drug-likeness (QED) is 0.545. The van der Waals surface area contributed by atoms with Crippen molar-refractivity contribution in [1.82, 2.24) is 0 Å². The van der Waals surface area contributed by atoms with E-state index >= 15 is 0 Å². The summed E-state index contributed by atoms with van der Waals surface area (Å²) in [5, 5.41) is 20.5. The Bertz CT molecular complexity index is 1210. The molecule has 3 aromatic rings. The highest BCUT2D eigenvalue weighted by Crippen LogP contribution is 2.39. The Labute approximate surface area is 184 Å². The first-order valence-electron chi connectivity index (χ1n) is 9.73. The second kappa shape index (κ2) is 8.03.